The van der Waals surface area contributed by atoms with Crippen LogP contribution in [0.15, 0.2) is 48.8 Å². The number of pyridine rings is 1. The second kappa shape index (κ2) is 7.25. The number of likely N-dealkylation sites (N-methyl/N-ethyl adjacent to an activating group) is 1. The van der Waals surface area contributed by atoms with Crippen LogP contribution in [0.3, 0.4) is 0 Å². The van der Waals surface area contributed by atoms with Gasteiger partial charge in [-0.15, -0.1) is 0 Å². The molecule has 0 unspecified atom stereocenters. The van der Waals surface area contributed by atoms with Crippen molar-refractivity contribution < 1.29 is 4.79 Å². The summed E-state index contributed by atoms with van der Waals surface area (Å²) in [6, 6.07) is 8.99. The van der Waals surface area contributed by atoms with E-state index in [1.807, 2.05) is 12.1 Å². The molecule has 1 heterocycles. The van der Waals surface area contributed by atoms with Crippen LogP contribution in [0.5, 0.6) is 0 Å². The molecule has 2 rings (SSSR count). The Balaban J connectivity index is 1.99. The third-order valence-corrected chi connectivity index (χ3v) is 3.65. The van der Waals surface area contributed by atoms with Gasteiger partial charge in [-0.05, 0) is 41.5 Å². The quantitative estimate of drug-likeness (QED) is 0.796. The van der Waals surface area contributed by atoms with Crippen molar-refractivity contribution in [3.05, 3.63) is 70.0 Å². The van der Waals surface area contributed by atoms with Gasteiger partial charge in [0.05, 0.1) is 10.0 Å². The second-order valence-corrected chi connectivity index (χ2v) is 5.37. The van der Waals surface area contributed by atoms with Crippen molar-refractivity contribution in [2.45, 2.75) is 6.54 Å². The number of halogens is 2. The zero-order valence-corrected chi connectivity index (χ0v) is 13.0. The number of nitrogens with zero attached hydrogens (tertiary/aromatic N) is 2. The summed E-state index contributed by atoms with van der Waals surface area (Å²) in [6.07, 6.45) is 6.65. The van der Waals surface area contributed by atoms with Gasteiger partial charge in [0.2, 0.25) is 5.91 Å². The molecule has 0 aliphatic rings. The van der Waals surface area contributed by atoms with Gasteiger partial charge in [0, 0.05) is 32.1 Å². The average molecular weight is 321 g/mol. The highest BCUT2D eigenvalue weighted by atomic mass is 35.5. The van der Waals surface area contributed by atoms with Crippen LogP contribution >= 0.6 is 23.2 Å². The minimum absolute atomic E-state index is 0.0853. The molecule has 1 aromatic heterocycles. The molecule has 0 fully saturated rings. The Morgan fingerprint density at radius 3 is 2.57 bits per heavy atom. The van der Waals surface area contributed by atoms with Crippen molar-refractivity contribution in [1.82, 2.24) is 9.88 Å². The van der Waals surface area contributed by atoms with Gasteiger partial charge in [-0.3, -0.25) is 9.78 Å². The molecular weight excluding hydrogens is 307 g/mol. The second-order valence-electron chi connectivity index (χ2n) is 4.56. The first-order valence-electron chi connectivity index (χ1n) is 6.33. The van der Waals surface area contributed by atoms with Gasteiger partial charge < -0.3 is 4.90 Å². The largest absolute Gasteiger partial charge is 0.338 e. The van der Waals surface area contributed by atoms with Gasteiger partial charge in [0.15, 0.2) is 0 Å². The Morgan fingerprint density at radius 1 is 1.19 bits per heavy atom. The Morgan fingerprint density at radius 2 is 1.90 bits per heavy atom. The molecule has 0 atom stereocenters. The molecule has 0 saturated carbocycles. The molecule has 0 radical (unpaired) electrons. The van der Waals surface area contributed by atoms with Crippen LogP contribution in [0.2, 0.25) is 10.0 Å². The molecule has 5 heteroatoms. The van der Waals surface area contributed by atoms with Crippen LogP contribution in [-0.2, 0) is 11.3 Å². The number of hydrogen-bond donors (Lipinski definition) is 0. The van der Waals surface area contributed by atoms with Crippen LogP contribution in [0.1, 0.15) is 11.1 Å². The highest BCUT2D eigenvalue weighted by Crippen LogP contribution is 2.23. The fourth-order valence-electron chi connectivity index (χ4n) is 1.75. The zero-order valence-electron chi connectivity index (χ0n) is 11.5. The predicted molar refractivity (Wildman–Crippen MR) is 86.2 cm³/mol. The summed E-state index contributed by atoms with van der Waals surface area (Å²) in [7, 11) is 1.75. The summed E-state index contributed by atoms with van der Waals surface area (Å²) in [6.45, 7) is 0.535. The Labute approximate surface area is 133 Å². The fraction of sp³-hybridized carbons (Fsp3) is 0.125. The van der Waals surface area contributed by atoms with Crippen LogP contribution in [0.25, 0.3) is 6.08 Å². The number of amides is 1. The van der Waals surface area contributed by atoms with Crippen molar-refractivity contribution in [3.8, 4) is 0 Å². The summed E-state index contributed by atoms with van der Waals surface area (Å²) < 4.78 is 0. The summed E-state index contributed by atoms with van der Waals surface area (Å²) in [4.78, 5) is 17.6. The van der Waals surface area contributed by atoms with Crippen LogP contribution < -0.4 is 0 Å². The maximum absolute atomic E-state index is 12.0. The van der Waals surface area contributed by atoms with Gasteiger partial charge in [0.1, 0.15) is 0 Å². The third-order valence-electron chi connectivity index (χ3n) is 2.91. The van der Waals surface area contributed by atoms with E-state index in [9.17, 15) is 4.79 Å². The lowest BCUT2D eigenvalue weighted by Crippen LogP contribution is -2.24. The first-order chi connectivity index (χ1) is 10.1. The van der Waals surface area contributed by atoms with E-state index < -0.39 is 0 Å². The SMILES string of the molecule is CN(Cc1ccncc1)C(=O)/C=C/c1ccc(Cl)c(Cl)c1. The lowest BCUT2D eigenvalue weighted by atomic mass is 10.2. The molecular formula is C16H14Cl2N2O. The lowest BCUT2D eigenvalue weighted by molar-refractivity contribution is -0.125. The standard InChI is InChI=1S/C16H14Cl2N2O/c1-20(11-13-6-8-19-9-7-13)16(21)5-3-12-2-4-14(17)15(18)10-12/h2-10H,11H2,1H3/b5-3+. The smallest absolute Gasteiger partial charge is 0.246 e. The fourth-order valence-corrected chi connectivity index (χ4v) is 2.06. The van der Waals surface area contributed by atoms with Crippen LogP contribution in [0.4, 0.5) is 0 Å². The Hall–Kier alpha value is -1.84. The number of rotatable bonds is 4. The number of hydrogen-bond acceptors (Lipinski definition) is 2. The van der Waals surface area contributed by atoms with Gasteiger partial charge in [-0.1, -0.05) is 29.3 Å². The molecule has 1 aromatic carbocycles. The van der Waals surface area contributed by atoms with Crippen LogP contribution in [0, 0.1) is 0 Å². The Bertz CT molecular complexity index is 657. The molecule has 3 nitrogen and oxygen atoms in total. The topological polar surface area (TPSA) is 33.2 Å². The van der Waals surface area contributed by atoms with Crippen molar-refractivity contribution in [2.75, 3.05) is 7.05 Å². The molecule has 0 spiro atoms. The number of carbonyl (C=O) groups excluding carboxylic acids is 1. The number of aromatic nitrogens is 1. The highest BCUT2D eigenvalue weighted by Gasteiger charge is 2.05. The van der Waals surface area contributed by atoms with Gasteiger partial charge in [0.25, 0.3) is 0 Å². The molecule has 108 valence electrons. The van der Waals surface area contributed by atoms with Crippen molar-refractivity contribution in [3.63, 3.8) is 0 Å². The number of benzene rings is 1. The zero-order chi connectivity index (χ0) is 15.2. The minimum Gasteiger partial charge on any atom is -0.338 e. The molecule has 0 saturated heterocycles. The molecule has 0 N–H and O–H groups in total. The first kappa shape index (κ1) is 15.5. The monoisotopic (exact) mass is 320 g/mol. The maximum Gasteiger partial charge on any atom is 0.246 e. The lowest BCUT2D eigenvalue weighted by Gasteiger charge is -2.14. The third kappa shape index (κ3) is 4.59. The highest BCUT2D eigenvalue weighted by molar-refractivity contribution is 6.42. The van der Waals surface area contributed by atoms with E-state index in [0.29, 0.717) is 16.6 Å². The van der Waals surface area contributed by atoms with Crippen molar-refractivity contribution in [1.29, 1.82) is 0 Å². The average Bonchev–Trinajstić information content (AvgIpc) is 2.49. The maximum atomic E-state index is 12.0. The summed E-state index contributed by atoms with van der Waals surface area (Å²) in [5, 5.41) is 0.964. The van der Waals surface area contributed by atoms with E-state index in [4.69, 9.17) is 23.2 Å². The van der Waals surface area contributed by atoms with Gasteiger partial charge in [-0.2, -0.15) is 0 Å². The molecule has 0 bridgehead atoms. The molecule has 2 aromatic rings. The Kier molecular flexibility index (Phi) is 5.37. The normalized spacial score (nSPS) is 10.8. The molecule has 21 heavy (non-hydrogen) atoms. The minimum atomic E-state index is -0.0853. The van der Waals surface area contributed by atoms with E-state index in [-0.39, 0.29) is 5.91 Å². The summed E-state index contributed by atoms with van der Waals surface area (Å²) in [5.41, 5.74) is 1.86. The summed E-state index contributed by atoms with van der Waals surface area (Å²) >= 11 is 11.8. The predicted octanol–water partition coefficient (Wildman–Crippen LogP) is 4.06. The molecule has 0 aliphatic carbocycles. The van der Waals surface area contributed by atoms with Gasteiger partial charge in [-0.25, -0.2) is 0 Å². The van der Waals surface area contributed by atoms with E-state index >= 15 is 0 Å². The summed E-state index contributed by atoms with van der Waals surface area (Å²) in [5.74, 6) is -0.0853. The number of carbonyl (C=O) groups is 1. The van der Waals surface area contributed by atoms with E-state index in [1.54, 1.807) is 48.6 Å². The molecule has 0 aliphatic heterocycles. The van der Waals surface area contributed by atoms with E-state index in [1.165, 1.54) is 6.08 Å². The van der Waals surface area contributed by atoms with E-state index in [0.717, 1.165) is 11.1 Å². The van der Waals surface area contributed by atoms with Crippen LogP contribution in [-0.4, -0.2) is 22.8 Å². The van der Waals surface area contributed by atoms with Gasteiger partial charge >= 0.3 is 0 Å². The first-order valence-corrected chi connectivity index (χ1v) is 7.09. The van der Waals surface area contributed by atoms with Crippen molar-refractivity contribution in [2.24, 2.45) is 0 Å². The molecule has 1 amide bonds. The van der Waals surface area contributed by atoms with Crippen molar-refractivity contribution >= 4 is 35.2 Å². The van der Waals surface area contributed by atoms with E-state index in [2.05, 4.69) is 4.98 Å².